The van der Waals surface area contributed by atoms with Crippen molar-refractivity contribution in [2.75, 3.05) is 0 Å². The normalized spacial score (nSPS) is 12.0. The van der Waals surface area contributed by atoms with Gasteiger partial charge in [-0.1, -0.05) is 358 Å². The second-order valence-corrected chi connectivity index (χ2v) is 37.3. The molecular formula is C132H79N9O3. The van der Waals surface area contributed by atoms with Gasteiger partial charge in [0.15, 0.2) is 22.6 Å². The molecule has 0 saturated heterocycles. The van der Waals surface area contributed by atoms with Crippen molar-refractivity contribution < 1.29 is 13.3 Å². The van der Waals surface area contributed by atoms with Crippen LogP contribution in [0.25, 0.3) is 292 Å². The SMILES string of the molecule is c1ccc(-c2cc(-c3ccc(-n4c5c6ccccc6ccc5c5c6ccccc6c6c7ccccc7oc6c54)cc3)nc(-c3ccccc3)n2)cc1.c1ccc(-n2c(-c3ccc(-n4c5c6ccccc6ccc5c5c6ccccc6c6c7ccccc7oc6c54)cc3)nc3ccccc32)cc1.c1ccc2c(c1)ccc1c3c4ccccc4c4c5ccccc5oc4c3n(-c3ccc(-c4cn5ccccc5n4)cc3)c21. The maximum absolute atomic E-state index is 6.84. The highest BCUT2D eigenvalue weighted by atomic mass is 16.3. The summed E-state index contributed by atoms with van der Waals surface area (Å²) in [5.74, 6) is 1.62. The fourth-order valence-corrected chi connectivity index (χ4v) is 23.1. The molecule has 144 heavy (non-hydrogen) atoms. The number of rotatable bonds is 9. The van der Waals surface area contributed by atoms with E-state index in [1.54, 1.807) is 0 Å². The summed E-state index contributed by atoms with van der Waals surface area (Å²) >= 11 is 0. The van der Waals surface area contributed by atoms with E-state index in [-0.39, 0.29) is 0 Å². The summed E-state index contributed by atoms with van der Waals surface area (Å²) in [6.45, 7) is 0. The van der Waals surface area contributed by atoms with Gasteiger partial charge in [0, 0.05) is 144 Å². The second kappa shape index (κ2) is 32.0. The first-order valence-electron chi connectivity index (χ1n) is 48.8. The van der Waals surface area contributed by atoms with E-state index in [1.165, 1.54) is 114 Å². The number of hydrogen-bond acceptors (Lipinski definition) is 7. The third-order valence-electron chi connectivity index (χ3n) is 29.4. The molecule has 0 spiro atoms. The summed E-state index contributed by atoms with van der Waals surface area (Å²) in [5, 5.41) is 28.6. The van der Waals surface area contributed by atoms with Gasteiger partial charge in [0.1, 0.15) is 28.2 Å². The molecule has 0 N–H and O–H groups in total. The van der Waals surface area contributed by atoms with Crippen molar-refractivity contribution in [3.63, 3.8) is 0 Å². The van der Waals surface area contributed by atoms with E-state index in [9.17, 15) is 0 Å². The minimum Gasteiger partial charge on any atom is -0.454 e. The molecule has 0 amide bonds. The molecule has 0 aliphatic heterocycles. The van der Waals surface area contributed by atoms with Crippen molar-refractivity contribution in [2.24, 2.45) is 0 Å². The Morgan fingerprint density at radius 3 is 0.944 bits per heavy atom. The van der Waals surface area contributed by atoms with Crippen LogP contribution in [-0.4, -0.2) is 42.6 Å². The molecule has 0 saturated carbocycles. The van der Waals surface area contributed by atoms with Gasteiger partial charge in [-0.2, -0.15) is 0 Å². The van der Waals surface area contributed by atoms with Crippen molar-refractivity contribution in [2.45, 2.75) is 0 Å². The highest BCUT2D eigenvalue weighted by Crippen LogP contribution is 2.53. The van der Waals surface area contributed by atoms with Crippen LogP contribution in [0.2, 0.25) is 0 Å². The Hall–Kier alpha value is -19.6. The van der Waals surface area contributed by atoms with Gasteiger partial charge in [-0.15, -0.1) is 0 Å². The Balaban J connectivity index is 0.000000101. The predicted octanol–water partition coefficient (Wildman–Crippen LogP) is 35.1. The molecule has 0 fully saturated rings. The number of aromatic nitrogens is 9. The van der Waals surface area contributed by atoms with Crippen LogP contribution in [0.5, 0.6) is 0 Å². The molecule has 0 atom stereocenters. The number of hydrogen-bond donors (Lipinski definition) is 0. The molecule has 0 aliphatic rings. The highest BCUT2D eigenvalue weighted by molar-refractivity contribution is 6.40. The lowest BCUT2D eigenvalue weighted by molar-refractivity contribution is 0.671. The maximum Gasteiger partial charge on any atom is 0.160 e. The minimum atomic E-state index is 0.703. The topological polar surface area (TPSA) is 115 Å². The molecule has 0 unspecified atom stereocenters. The van der Waals surface area contributed by atoms with Crippen LogP contribution < -0.4 is 0 Å². The molecule has 0 bridgehead atoms. The number of furan rings is 3. The zero-order chi connectivity index (χ0) is 94.3. The van der Waals surface area contributed by atoms with Crippen LogP contribution in [0.4, 0.5) is 0 Å². The summed E-state index contributed by atoms with van der Waals surface area (Å²) in [6.07, 6.45) is 4.12. The predicted molar refractivity (Wildman–Crippen MR) is 595 cm³/mol. The quantitative estimate of drug-likeness (QED) is 0.141. The Bertz CT molecular complexity index is 10800. The Labute approximate surface area is 821 Å². The van der Waals surface area contributed by atoms with Crippen molar-refractivity contribution >= 4 is 213 Å². The molecule has 12 heteroatoms. The summed E-state index contributed by atoms with van der Waals surface area (Å²) in [6, 6.07) is 165. The van der Waals surface area contributed by atoms with Crippen molar-refractivity contribution in [1.82, 2.24) is 42.6 Å². The minimum absolute atomic E-state index is 0.703. The molecule has 0 radical (unpaired) electrons. The van der Waals surface area contributed by atoms with Gasteiger partial charge >= 0.3 is 0 Å². The lowest BCUT2D eigenvalue weighted by atomic mass is 9.98. The van der Waals surface area contributed by atoms with E-state index in [2.05, 4.69) is 423 Å². The van der Waals surface area contributed by atoms with Gasteiger partial charge in [0.2, 0.25) is 0 Å². The van der Waals surface area contributed by atoms with Crippen LogP contribution in [0, 0.1) is 0 Å². The maximum atomic E-state index is 6.84. The van der Waals surface area contributed by atoms with Gasteiger partial charge in [-0.25, -0.2) is 19.9 Å². The number of benzene rings is 22. The summed E-state index contributed by atoms with van der Waals surface area (Å²) in [7, 11) is 0. The van der Waals surface area contributed by atoms with Gasteiger partial charge < -0.3 is 31.4 Å². The van der Waals surface area contributed by atoms with Crippen molar-refractivity contribution in [3.05, 3.63) is 480 Å². The molecule has 0 aliphatic carbocycles. The van der Waals surface area contributed by atoms with E-state index < -0.39 is 0 Å². The standard InChI is InChI=1S/C48H29N3O.C45H27N3O.C39H23N3O/c1-3-14-31(15-4-1)40-29-41(50-48(49-40)33-16-5-2-6-17-33)32-23-26-34(27-24-32)51-45-35-18-8-7-13-30(35)25-28-39(45)43-36-19-9-10-20-37(36)44-38-21-11-12-22-42(38)52-47(44)46(43)51;1-2-13-30(14-3-1)47-38-20-10-9-19-37(38)46-45(47)29-22-25-31(26-23-29)48-42-32-15-5-4-12-28(32)24-27-36(42)40-33-16-6-7-17-34(33)41-35-18-8-11-21-39(35)49-44(41)43(40)48;1-2-10-27-24(9-1)18-21-31-35-28-11-3-4-12-29(28)36-30-13-5-6-14-33(30)43-39(36)38(35)42(37(27)31)26-19-16-25(17-20-26)32-23-41-22-8-7-15-34(41)40-32/h1-29H;1-27H;1-23H. The zero-order valence-corrected chi connectivity index (χ0v) is 77.4. The Kier molecular flexibility index (Phi) is 17.9. The molecule has 670 valence electrons. The molecule has 10 heterocycles. The van der Waals surface area contributed by atoms with E-state index in [0.29, 0.717) is 5.82 Å². The monoisotopic (exact) mass is 1840 g/mol. The number of pyridine rings is 1. The average molecular weight is 1840 g/mol. The fraction of sp³-hybridized carbons (Fsp3) is 0. The average Bonchev–Trinajstić information content (AvgIpc) is 1.54. The first-order valence-corrected chi connectivity index (χ1v) is 48.8. The molecule has 10 aromatic heterocycles. The van der Waals surface area contributed by atoms with Crippen molar-refractivity contribution in [3.8, 4) is 79.3 Å². The van der Waals surface area contributed by atoms with Crippen LogP contribution in [-0.2, 0) is 0 Å². The van der Waals surface area contributed by atoms with Gasteiger partial charge in [-0.3, -0.25) is 4.57 Å². The first-order chi connectivity index (χ1) is 71.5. The molecule has 32 aromatic rings. The summed E-state index contributed by atoms with van der Waals surface area (Å²) in [4.78, 5) is 20.1. The van der Waals surface area contributed by atoms with Gasteiger partial charge in [0.05, 0.1) is 61.2 Å². The van der Waals surface area contributed by atoms with Crippen molar-refractivity contribution in [1.29, 1.82) is 0 Å². The van der Waals surface area contributed by atoms with E-state index >= 15 is 0 Å². The second-order valence-electron chi connectivity index (χ2n) is 37.3. The first kappa shape index (κ1) is 80.5. The molecule has 22 aromatic carbocycles. The number of imidazole rings is 2. The molecule has 12 nitrogen and oxygen atoms in total. The Morgan fingerprint density at radius 2 is 0.521 bits per heavy atom. The lowest BCUT2D eigenvalue weighted by Crippen LogP contribution is -1.98. The van der Waals surface area contributed by atoms with Gasteiger partial charge in [-0.05, 0) is 158 Å². The van der Waals surface area contributed by atoms with Gasteiger partial charge in [0.25, 0.3) is 0 Å². The fourth-order valence-electron chi connectivity index (χ4n) is 23.1. The van der Waals surface area contributed by atoms with Crippen LogP contribution in [0.15, 0.2) is 493 Å². The number of fused-ring (bicyclic) bond motifs is 38. The third-order valence-corrected chi connectivity index (χ3v) is 29.4. The molecule has 32 rings (SSSR count). The number of nitrogens with zero attached hydrogens (tertiary/aromatic N) is 9. The van der Waals surface area contributed by atoms with Crippen LogP contribution >= 0.6 is 0 Å². The molecular weight excluding hydrogens is 1760 g/mol. The Morgan fingerprint density at radius 1 is 0.194 bits per heavy atom. The van der Waals surface area contributed by atoms with Crippen LogP contribution in [0.1, 0.15) is 0 Å². The summed E-state index contributed by atoms with van der Waals surface area (Å²) < 4.78 is 32.0. The highest BCUT2D eigenvalue weighted by Gasteiger charge is 2.30. The van der Waals surface area contributed by atoms with Crippen LogP contribution in [0.3, 0.4) is 0 Å². The lowest BCUT2D eigenvalue weighted by Gasteiger charge is -2.13. The zero-order valence-electron chi connectivity index (χ0n) is 77.4. The largest absolute Gasteiger partial charge is 0.454 e. The smallest absolute Gasteiger partial charge is 0.160 e. The number of para-hydroxylation sites is 6. The van der Waals surface area contributed by atoms with E-state index in [0.717, 1.165) is 173 Å². The van der Waals surface area contributed by atoms with E-state index in [4.69, 9.17) is 33.2 Å². The van der Waals surface area contributed by atoms with E-state index in [1.807, 2.05) is 79.0 Å². The third kappa shape index (κ3) is 12.3. The summed E-state index contributed by atoms with van der Waals surface area (Å²) in [5.41, 5.74) is 27.4.